The van der Waals surface area contributed by atoms with Crippen LogP contribution in [0.15, 0.2) is 48.9 Å². The molecule has 0 spiro atoms. The summed E-state index contributed by atoms with van der Waals surface area (Å²) in [7, 11) is 0. The van der Waals surface area contributed by atoms with E-state index in [-0.39, 0.29) is 12.3 Å². The molecule has 0 bridgehead atoms. The average molecular weight is 962 g/mol. The van der Waals surface area contributed by atoms with E-state index in [1.54, 1.807) is 30.3 Å². The van der Waals surface area contributed by atoms with E-state index in [2.05, 4.69) is 9.72 Å². The largest absolute Gasteiger partial charge is 0.574 e. The number of halogens is 23. The number of ether oxygens (including phenoxy) is 1. The quantitative estimate of drug-likeness (QED) is 0.0389. The second-order valence-electron chi connectivity index (χ2n) is 12.7. The SMILES string of the molecule is Fc1c(F)c(F)c([B-](c2c(F)c(F)c(F)c(F)c2F)(c2c(F)c(F)c(F)c(F)c2F)c2c(F)c(F)c(F)c(F)c2F)c(F)c1F.O=C(C[n+]1ccnc(OC(F)(F)F)c1)c1ccccc1. The first-order chi connectivity index (χ1) is 30.1. The summed E-state index contributed by atoms with van der Waals surface area (Å²) in [5.41, 5.74) is -13.8. The molecule has 28 heteroatoms. The van der Waals surface area contributed by atoms with Crippen molar-refractivity contribution in [2.75, 3.05) is 0 Å². The van der Waals surface area contributed by atoms with Crippen molar-refractivity contribution in [1.82, 2.24) is 4.98 Å². The fourth-order valence-corrected chi connectivity index (χ4v) is 6.44. The van der Waals surface area contributed by atoms with Gasteiger partial charge in [0.05, 0.1) is 6.20 Å². The lowest BCUT2D eigenvalue weighted by Gasteiger charge is -2.44. The summed E-state index contributed by atoms with van der Waals surface area (Å²) >= 11 is 0. The fraction of sp³-hybridized carbons (Fsp3) is 0.0541. The van der Waals surface area contributed by atoms with Crippen molar-refractivity contribution in [3.8, 4) is 5.88 Å². The van der Waals surface area contributed by atoms with E-state index in [1.807, 2.05) is 0 Å². The van der Waals surface area contributed by atoms with Crippen molar-refractivity contribution in [3.63, 3.8) is 0 Å². The molecule has 65 heavy (non-hydrogen) atoms. The van der Waals surface area contributed by atoms with E-state index in [4.69, 9.17) is 0 Å². The van der Waals surface area contributed by atoms with Crippen LogP contribution in [0.5, 0.6) is 5.88 Å². The molecule has 0 saturated carbocycles. The number of rotatable bonds is 8. The van der Waals surface area contributed by atoms with Gasteiger partial charge in [0, 0.05) is 5.56 Å². The monoisotopic (exact) mass is 962 g/mol. The van der Waals surface area contributed by atoms with Gasteiger partial charge < -0.3 is 4.74 Å². The average Bonchev–Trinajstić information content (AvgIpc) is 3.26. The molecular formula is C37H10BF23N2O2. The van der Waals surface area contributed by atoms with E-state index in [0.717, 1.165) is 12.4 Å². The lowest BCUT2D eigenvalue weighted by molar-refractivity contribution is -0.684. The Hall–Kier alpha value is -6.90. The standard InChI is InChI=1S/C24BF20.C13H10F3N2O2/c26-5-1(6(27)14(35)21(42)13(5)34)25(2-7(28)15(36)22(43)16(37)8(2)29,3-9(30)17(38)23(44)18(39)10(3)31)4-11(32)19(40)24(45)20(41)12(4)33;14-13(15,16)20-12-9-18(7-6-17-12)8-11(19)10-4-2-1-3-5-10/h;1-7,9H,8H2/q-1;+1. The summed E-state index contributed by atoms with van der Waals surface area (Å²) in [4.78, 5) is 15.3. The smallest absolute Gasteiger partial charge is 0.382 e. The fourth-order valence-electron chi connectivity index (χ4n) is 6.44. The summed E-state index contributed by atoms with van der Waals surface area (Å²) in [5.74, 6) is -72.2. The topological polar surface area (TPSA) is 43.1 Å². The predicted molar refractivity (Wildman–Crippen MR) is 171 cm³/mol. The number of carbonyl (C=O) groups excluding carboxylic acids is 1. The van der Waals surface area contributed by atoms with Crippen molar-refractivity contribution in [1.29, 1.82) is 0 Å². The normalized spacial score (nSPS) is 11.7. The molecule has 0 radical (unpaired) electrons. The maximum Gasteiger partial charge on any atom is 0.574 e. The van der Waals surface area contributed by atoms with Crippen LogP contribution in [0.4, 0.5) is 101 Å². The van der Waals surface area contributed by atoms with Gasteiger partial charge in [-0.1, -0.05) is 30.3 Å². The summed E-state index contributed by atoms with van der Waals surface area (Å²) in [6.07, 6.45) is -8.47. The Balaban J connectivity index is 0.000000330. The van der Waals surface area contributed by atoms with Crippen LogP contribution < -0.4 is 31.2 Å². The van der Waals surface area contributed by atoms with Crippen LogP contribution >= 0.6 is 0 Å². The van der Waals surface area contributed by atoms with Gasteiger partial charge in [-0.2, -0.15) is 4.57 Å². The van der Waals surface area contributed by atoms with E-state index in [1.165, 1.54) is 10.8 Å². The highest BCUT2D eigenvalue weighted by Crippen LogP contribution is 2.31. The molecule has 0 unspecified atom stereocenters. The zero-order valence-electron chi connectivity index (χ0n) is 30.3. The lowest BCUT2D eigenvalue weighted by atomic mass is 9.12. The zero-order valence-corrected chi connectivity index (χ0v) is 30.3. The molecule has 6 aromatic rings. The Labute approximate surface area is 343 Å². The number of nitrogens with zero attached hydrogens (tertiary/aromatic N) is 2. The maximum absolute atomic E-state index is 15.4. The van der Waals surface area contributed by atoms with E-state index >= 15 is 35.1 Å². The summed E-state index contributed by atoms with van der Waals surface area (Å²) in [6.45, 7) is -0.0965. The van der Waals surface area contributed by atoms with Crippen LogP contribution in [-0.2, 0) is 6.54 Å². The van der Waals surface area contributed by atoms with Crippen LogP contribution in [0.2, 0.25) is 0 Å². The third-order valence-electron chi connectivity index (χ3n) is 9.09. The number of benzene rings is 5. The van der Waals surface area contributed by atoms with Gasteiger partial charge in [0.2, 0.25) is 18.5 Å². The molecule has 344 valence electrons. The minimum Gasteiger partial charge on any atom is -0.382 e. The molecule has 0 aliphatic heterocycles. The highest BCUT2D eigenvalue weighted by Gasteiger charge is 2.52. The van der Waals surface area contributed by atoms with Crippen LogP contribution in [0, 0.1) is 116 Å². The molecule has 1 aromatic heterocycles. The van der Waals surface area contributed by atoms with Gasteiger partial charge in [0.25, 0.3) is 5.88 Å². The van der Waals surface area contributed by atoms with Crippen molar-refractivity contribution in [2.24, 2.45) is 0 Å². The Morgan fingerprint density at radius 2 is 0.738 bits per heavy atom. The number of alkyl halides is 3. The van der Waals surface area contributed by atoms with Crippen LogP contribution in [0.1, 0.15) is 10.4 Å². The lowest BCUT2D eigenvalue weighted by Crippen LogP contribution is -2.81. The van der Waals surface area contributed by atoms with Gasteiger partial charge in [-0.05, 0) is 0 Å². The first-order valence-electron chi connectivity index (χ1n) is 16.6. The van der Waals surface area contributed by atoms with Crippen LogP contribution in [0.25, 0.3) is 0 Å². The van der Waals surface area contributed by atoms with Gasteiger partial charge in [-0.25, -0.2) is 92.8 Å². The second kappa shape index (κ2) is 17.9. The molecular weight excluding hydrogens is 952 g/mol. The van der Waals surface area contributed by atoms with Crippen LogP contribution in [-0.4, -0.2) is 23.3 Å². The zero-order chi connectivity index (χ0) is 48.9. The van der Waals surface area contributed by atoms with Gasteiger partial charge >= 0.3 is 6.36 Å². The Bertz CT molecular complexity index is 2510. The summed E-state index contributed by atoms with van der Waals surface area (Å²) in [6, 6.07) is 8.46. The molecule has 4 nitrogen and oxygen atoms in total. The minimum absolute atomic E-state index is 0.0965. The first-order valence-corrected chi connectivity index (χ1v) is 16.6. The highest BCUT2D eigenvalue weighted by atomic mass is 19.4. The van der Waals surface area contributed by atoms with Gasteiger partial charge in [-0.15, -0.1) is 35.0 Å². The Morgan fingerprint density at radius 1 is 0.462 bits per heavy atom. The summed E-state index contributed by atoms with van der Waals surface area (Å²) in [5, 5.41) is 0. The maximum atomic E-state index is 15.4. The molecule has 6 rings (SSSR count). The number of carbonyl (C=O) groups is 1. The van der Waals surface area contributed by atoms with Gasteiger partial charge in [-0.3, -0.25) is 4.79 Å². The number of ketones is 1. The number of aromatic nitrogens is 2. The Morgan fingerprint density at radius 3 is 1.02 bits per heavy atom. The molecule has 1 heterocycles. The van der Waals surface area contributed by atoms with E-state index < -0.39 is 157 Å². The van der Waals surface area contributed by atoms with E-state index in [0.29, 0.717) is 5.56 Å². The third-order valence-corrected chi connectivity index (χ3v) is 9.09. The Kier molecular flexibility index (Phi) is 13.6. The number of hydrogen-bond donors (Lipinski definition) is 0. The molecule has 0 N–H and O–H groups in total. The molecule has 0 saturated heterocycles. The second-order valence-corrected chi connectivity index (χ2v) is 12.7. The molecule has 0 aliphatic rings. The van der Waals surface area contributed by atoms with Crippen molar-refractivity contribution < 1.29 is 115 Å². The van der Waals surface area contributed by atoms with E-state index in [9.17, 15) is 70.7 Å². The molecule has 0 amide bonds. The highest BCUT2D eigenvalue weighted by molar-refractivity contribution is 7.20. The minimum atomic E-state index is -7.22. The molecule has 0 fully saturated rings. The first kappa shape index (κ1) is 49.1. The van der Waals surface area contributed by atoms with Gasteiger partial charge in [0.15, 0.2) is 76.0 Å². The van der Waals surface area contributed by atoms with Crippen molar-refractivity contribution in [3.05, 3.63) is 171 Å². The molecule has 0 aliphatic carbocycles. The van der Waals surface area contributed by atoms with Crippen LogP contribution in [0.3, 0.4) is 0 Å². The van der Waals surface area contributed by atoms with Crippen molar-refractivity contribution >= 4 is 33.8 Å². The predicted octanol–water partition coefficient (Wildman–Crippen LogP) is 8.00. The third kappa shape index (κ3) is 8.35. The van der Waals surface area contributed by atoms with Crippen molar-refractivity contribution in [2.45, 2.75) is 12.9 Å². The number of hydrogen-bond acceptors (Lipinski definition) is 3. The molecule has 5 aromatic carbocycles. The molecule has 0 atom stereocenters. The van der Waals surface area contributed by atoms with Gasteiger partial charge in [0.1, 0.15) is 52.7 Å². The summed E-state index contributed by atoms with van der Waals surface area (Å²) < 4.78 is 335. The number of Topliss-reactive ketones (excluding diaryl/α,β-unsaturated/α-hetero) is 1.